The summed E-state index contributed by atoms with van der Waals surface area (Å²) in [6.45, 7) is 4.64. The Morgan fingerprint density at radius 3 is 2.45 bits per heavy atom. The zero-order valence-corrected chi connectivity index (χ0v) is 24.6. The number of hydrogen-bond acceptors (Lipinski definition) is 7. The summed E-state index contributed by atoms with van der Waals surface area (Å²) in [6.07, 6.45) is 10.5. The van der Waals surface area contributed by atoms with Gasteiger partial charge in [-0.15, -0.1) is 11.3 Å². The average molecular weight is 569 g/mol. The number of nitrogens with one attached hydrogen (secondary N) is 2. The Kier molecular flexibility index (Phi) is 10.1. The molecule has 40 heavy (non-hydrogen) atoms. The van der Waals surface area contributed by atoms with Crippen molar-refractivity contribution in [2.45, 2.75) is 76.3 Å². The molecule has 1 aromatic carbocycles. The first-order valence-electron chi connectivity index (χ1n) is 15.2. The minimum absolute atomic E-state index is 0.0693. The number of amides is 2. The number of Topliss-reactive ketones (excluding diaryl/α,β-unsaturated/α-hetero) is 1. The molecule has 2 aromatic rings. The van der Waals surface area contributed by atoms with Gasteiger partial charge in [0.25, 0.3) is 11.7 Å². The van der Waals surface area contributed by atoms with Crippen molar-refractivity contribution in [3.63, 3.8) is 0 Å². The number of ether oxygens (including phenoxy) is 1. The Bertz CT molecular complexity index is 1170. The highest BCUT2D eigenvalue weighted by Gasteiger charge is 2.40. The monoisotopic (exact) mass is 568 g/mol. The van der Waals surface area contributed by atoms with E-state index in [1.807, 2.05) is 18.2 Å². The Morgan fingerprint density at radius 1 is 1.05 bits per heavy atom. The van der Waals surface area contributed by atoms with E-state index in [1.54, 1.807) is 17.4 Å². The molecule has 218 valence electrons. The summed E-state index contributed by atoms with van der Waals surface area (Å²) in [5, 5.41) is 9.23. The topological polar surface area (TPSA) is 91.0 Å². The fourth-order valence-corrected chi connectivity index (χ4v) is 7.67. The third-order valence-corrected chi connectivity index (χ3v) is 9.95. The standard InChI is InChI=1S/C31H44N4O4S/c1-39-24-12-13-25-26(21-40-27(25)20-24)29(36)31(38)35(19-18-34-16-14-32-15-17-34)28(22-8-4-2-5-9-22)30(37)33-23-10-6-3-7-11-23/h12-13,20-23,28,32H,2-11,14-19H2,1H3,(H,33,37). The molecular formula is C31H44N4O4S. The maximum absolute atomic E-state index is 14.2. The van der Waals surface area contributed by atoms with E-state index in [-0.39, 0.29) is 17.9 Å². The summed E-state index contributed by atoms with van der Waals surface area (Å²) >= 11 is 1.44. The van der Waals surface area contributed by atoms with Gasteiger partial charge in [-0.3, -0.25) is 19.3 Å². The lowest BCUT2D eigenvalue weighted by Gasteiger charge is -2.39. The van der Waals surface area contributed by atoms with Gasteiger partial charge in [0, 0.05) is 66.3 Å². The summed E-state index contributed by atoms with van der Waals surface area (Å²) in [6, 6.07) is 5.10. The Labute approximate surface area is 241 Å². The molecule has 1 unspecified atom stereocenters. The minimum Gasteiger partial charge on any atom is -0.497 e. The molecule has 1 saturated heterocycles. The van der Waals surface area contributed by atoms with E-state index in [1.165, 1.54) is 17.8 Å². The maximum Gasteiger partial charge on any atom is 0.295 e. The number of benzene rings is 1. The van der Waals surface area contributed by atoms with Crippen molar-refractivity contribution >= 4 is 39.0 Å². The Hall–Kier alpha value is -2.49. The van der Waals surface area contributed by atoms with Crippen molar-refractivity contribution in [1.82, 2.24) is 20.4 Å². The molecule has 1 aromatic heterocycles. The van der Waals surface area contributed by atoms with E-state index in [9.17, 15) is 14.4 Å². The average Bonchev–Trinajstić information content (AvgIpc) is 3.43. The lowest BCUT2D eigenvalue weighted by atomic mass is 9.82. The van der Waals surface area contributed by atoms with Crippen LogP contribution in [0.15, 0.2) is 23.6 Å². The molecular weight excluding hydrogens is 524 g/mol. The molecule has 0 bridgehead atoms. The zero-order valence-electron chi connectivity index (χ0n) is 23.8. The number of piperazine rings is 1. The van der Waals surface area contributed by atoms with Crippen molar-refractivity contribution in [2.24, 2.45) is 5.92 Å². The number of ketones is 1. The van der Waals surface area contributed by atoms with E-state index in [2.05, 4.69) is 15.5 Å². The van der Waals surface area contributed by atoms with E-state index < -0.39 is 17.7 Å². The van der Waals surface area contributed by atoms with Crippen LogP contribution in [0.5, 0.6) is 5.75 Å². The van der Waals surface area contributed by atoms with Gasteiger partial charge in [0.1, 0.15) is 11.8 Å². The lowest BCUT2D eigenvalue weighted by molar-refractivity contribution is -0.140. The summed E-state index contributed by atoms with van der Waals surface area (Å²) in [7, 11) is 1.62. The summed E-state index contributed by atoms with van der Waals surface area (Å²) in [5.74, 6) is -0.363. The number of carbonyl (C=O) groups excluding carboxylic acids is 3. The molecule has 0 radical (unpaired) electrons. The van der Waals surface area contributed by atoms with Crippen LogP contribution in [0, 0.1) is 5.92 Å². The number of rotatable bonds is 10. The smallest absolute Gasteiger partial charge is 0.295 e. The number of hydrogen-bond donors (Lipinski definition) is 2. The molecule has 3 fully saturated rings. The SMILES string of the molecule is COc1ccc2c(C(=O)C(=O)N(CCN3CCNCC3)C(C(=O)NC3CCCCC3)C3CCCCC3)csc2c1. The highest BCUT2D eigenvalue weighted by molar-refractivity contribution is 7.17. The first-order valence-corrected chi connectivity index (χ1v) is 16.1. The van der Waals surface area contributed by atoms with Gasteiger partial charge in [-0.1, -0.05) is 38.5 Å². The predicted octanol–water partition coefficient (Wildman–Crippen LogP) is 4.22. The number of fused-ring (bicyclic) bond motifs is 1. The normalized spacial score (nSPS) is 20.2. The highest BCUT2D eigenvalue weighted by atomic mass is 32.1. The van der Waals surface area contributed by atoms with Crippen molar-refractivity contribution in [2.75, 3.05) is 46.4 Å². The second kappa shape index (κ2) is 13.9. The van der Waals surface area contributed by atoms with E-state index in [0.717, 1.165) is 94.1 Å². The van der Waals surface area contributed by atoms with Crippen LogP contribution in [0.3, 0.4) is 0 Å². The Balaban J connectivity index is 1.44. The molecule has 2 heterocycles. The molecule has 3 aliphatic rings. The van der Waals surface area contributed by atoms with Gasteiger partial charge in [-0.05, 0) is 49.8 Å². The van der Waals surface area contributed by atoms with Crippen LogP contribution < -0.4 is 15.4 Å². The third kappa shape index (κ3) is 6.86. The molecule has 1 atom stereocenters. The molecule has 2 amide bonds. The van der Waals surface area contributed by atoms with Crippen LogP contribution >= 0.6 is 11.3 Å². The van der Waals surface area contributed by atoms with Gasteiger partial charge in [0.2, 0.25) is 5.91 Å². The molecule has 0 spiro atoms. The summed E-state index contributed by atoms with van der Waals surface area (Å²) in [4.78, 5) is 46.1. The van der Waals surface area contributed by atoms with Crippen molar-refractivity contribution < 1.29 is 19.1 Å². The van der Waals surface area contributed by atoms with Gasteiger partial charge in [-0.25, -0.2) is 0 Å². The van der Waals surface area contributed by atoms with Crippen molar-refractivity contribution in [1.29, 1.82) is 0 Å². The highest BCUT2D eigenvalue weighted by Crippen LogP contribution is 2.33. The van der Waals surface area contributed by atoms with Gasteiger partial charge in [0.15, 0.2) is 0 Å². The molecule has 8 nitrogen and oxygen atoms in total. The third-order valence-electron chi connectivity index (χ3n) is 9.00. The summed E-state index contributed by atoms with van der Waals surface area (Å²) < 4.78 is 6.25. The Morgan fingerprint density at radius 2 is 1.75 bits per heavy atom. The quantitative estimate of drug-likeness (QED) is 0.330. The number of nitrogens with zero attached hydrogens (tertiary/aromatic N) is 2. The first-order chi connectivity index (χ1) is 19.5. The van der Waals surface area contributed by atoms with Crippen molar-refractivity contribution in [3.8, 4) is 5.75 Å². The van der Waals surface area contributed by atoms with E-state index in [4.69, 9.17) is 4.74 Å². The molecule has 1 aliphatic heterocycles. The van der Waals surface area contributed by atoms with Gasteiger partial charge in [-0.2, -0.15) is 0 Å². The molecule has 9 heteroatoms. The second-order valence-electron chi connectivity index (χ2n) is 11.6. The lowest BCUT2D eigenvalue weighted by Crippen LogP contribution is -2.58. The number of thiophene rings is 1. The summed E-state index contributed by atoms with van der Waals surface area (Å²) in [5.41, 5.74) is 0.412. The first kappa shape index (κ1) is 29.0. The molecule has 2 saturated carbocycles. The zero-order chi connectivity index (χ0) is 27.9. The minimum atomic E-state index is -0.619. The molecule has 2 N–H and O–H groups in total. The van der Waals surface area contributed by atoms with Crippen LogP contribution in [0.2, 0.25) is 0 Å². The van der Waals surface area contributed by atoms with Gasteiger partial charge >= 0.3 is 0 Å². The van der Waals surface area contributed by atoms with Crippen LogP contribution in [0.25, 0.3) is 10.1 Å². The van der Waals surface area contributed by atoms with Crippen LogP contribution in [-0.4, -0.2) is 85.9 Å². The fourth-order valence-electron chi connectivity index (χ4n) is 6.70. The van der Waals surface area contributed by atoms with Crippen LogP contribution in [-0.2, 0) is 9.59 Å². The second-order valence-corrected chi connectivity index (χ2v) is 12.5. The fraction of sp³-hybridized carbons (Fsp3) is 0.645. The van der Waals surface area contributed by atoms with Crippen molar-refractivity contribution in [3.05, 3.63) is 29.1 Å². The number of methoxy groups -OCH3 is 1. The van der Waals surface area contributed by atoms with E-state index >= 15 is 0 Å². The maximum atomic E-state index is 14.2. The molecule has 2 aliphatic carbocycles. The largest absolute Gasteiger partial charge is 0.497 e. The number of carbonyl (C=O) groups is 3. The van der Waals surface area contributed by atoms with Crippen LogP contribution in [0.4, 0.5) is 0 Å². The van der Waals surface area contributed by atoms with E-state index in [0.29, 0.717) is 24.4 Å². The van der Waals surface area contributed by atoms with Gasteiger partial charge in [0.05, 0.1) is 7.11 Å². The van der Waals surface area contributed by atoms with Gasteiger partial charge < -0.3 is 20.3 Å². The molecule has 5 rings (SSSR count). The van der Waals surface area contributed by atoms with Crippen LogP contribution in [0.1, 0.15) is 74.6 Å². The predicted molar refractivity (Wildman–Crippen MR) is 159 cm³/mol.